The van der Waals surface area contributed by atoms with Crippen LogP contribution in [0.25, 0.3) is 0 Å². The molecule has 2 N–H and O–H groups in total. The van der Waals surface area contributed by atoms with Gasteiger partial charge in [0.15, 0.2) is 0 Å². The monoisotopic (exact) mass is 504 g/mol. The largest absolute Gasteiger partial charge is 0.386 e. The van der Waals surface area contributed by atoms with Crippen LogP contribution in [0.1, 0.15) is 30.7 Å². The fourth-order valence-corrected chi connectivity index (χ4v) is 5.80. The molecular formula is C28H36N6O3. The Balaban J connectivity index is 1.26. The van der Waals surface area contributed by atoms with Gasteiger partial charge >= 0.3 is 0 Å². The van der Waals surface area contributed by atoms with Crippen molar-refractivity contribution in [3.63, 3.8) is 0 Å². The van der Waals surface area contributed by atoms with Crippen LogP contribution in [-0.4, -0.2) is 82.5 Å². The Kier molecular flexibility index (Phi) is 7.32. The van der Waals surface area contributed by atoms with Crippen LogP contribution in [0.2, 0.25) is 0 Å². The van der Waals surface area contributed by atoms with Crippen molar-refractivity contribution in [2.45, 2.75) is 31.2 Å². The fraction of sp³-hybridized carbons (Fsp3) is 0.464. The number of anilines is 4. The zero-order valence-corrected chi connectivity index (χ0v) is 21.7. The molecule has 3 aliphatic heterocycles. The molecule has 3 aliphatic rings. The summed E-state index contributed by atoms with van der Waals surface area (Å²) in [6, 6.07) is 14.3. The lowest BCUT2D eigenvalue weighted by Gasteiger charge is -2.38. The zero-order chi connectivity index (χ0) is 25.9. The van der Waals surface area contributed by atoms with E-state index in [2.05, 4.69) is 56.6 Å². The predicted octanol–water partition coefficient (Wildman–Crippen LogP) is 2.24. The molecule has 0 radical (unpaired) electrons. The lowest BCUT2D eigenvalue weighted by Crippen LogP contribution is -2.52. The number of imide groups is 1. The number of likely N-dealkylation sites (N-methyl/N-ethyl adjacent to an activating group) is 1. The highest BCUT2D eigenvalue weighted by Gasteiger charge is 2.33. The predicted molar refractivity (Wildman–Crippen MR) is 146 cm³/mol. The molecule has 2 atom stereocenters. The Bertz CT molecular complexity index is 1160. The van der Waals surface area contributed by atoms with Gasteiger partial charge in [-0.05, 0) is 68.2 Å². The number of piperazine rings is 1. The molecule has 3 fully saturated rings. The van der Waals surface area contributed by atoms with Crippen molar-refractivity contribution < 1.29 is 14.4 Å². The number of piperidine rings is 1. The lowest BCUT2D eigenvalue weighted by molar-refractivity contribution is -0.134. The van der Waals surface area contributed by atoms with Crippen LogP contribution in [0.5, 0.6) is 0 Å². The Hall–Kier alpha value is -3.59. The highest BCUT2D eigenvalue weighted by Crippen LogP contribution is 2.34. The summed E-state index contributed by atoms with van der Waals surface area (Å²) in [5.74, 6) is -0.112. The van der Waals surface area contributed by atoms with E-state index in [4.69, 9.17) is 0 Å². The second-order valence-corrected chi connectivity index (χ2v) is 10.2. The molecule has 2 unspecified atom stereocenters. The van der Waals surface area contributed by atoms with Gasteiger partial charge in [-0.25, -0.2) is 0 Å². The maximum absolute atomic E-state index is 12.4. The fourth-order valence-electron chi connectivity index (χ4n) is 5.80. The van der Waals surface area contributed by atoms with E-state index in [9.17, 15) is 14.4 Å². The van der Waals surface area contributed by atoms with E-state index in [0.717, 1.165) is 44.1 Å². The number of carbonyl (C=O) groups is 3. The van der Waals surface area contributed by atoms with Gasteiger partial charge in [0.25, 0.3) is 0 Å². The van der Waals surface area contributed by atoms with E-state index >= 15 is 0 Å². The number of amides is 3. The van der Waals surface area contributed by atoms with E-state index < -0.39 is 11.9 Å². The number of hydrogen-bond donors (Lipinski definition) is 2. The van der Waals surface area contributed by atoms with Crippen molar-refractivity contribution in [2.24, 2.45) is 0 Å². The third kappa shape index (κ3) is 5.27. The van der Waals surface area contributed by atoms with Crippen LogP contribution in [0.3, 0.4) is 0 Å². The summed E-state index contributed by atoms with van der Waals surface area (Å²) in [7, 11) is 4.00. The third-order valence-corrected chi connectivity index (χ3v) is 7.93. The topological polar surface area (TPSA) is 88.2 Å². The first-order valence-electron chi connectivity index (χ1n) is 13.1. The number of nitrogens with zero attached hydrogens (tertiary/aromatic N) is 4. The first-order chi connectivity index (χ1) is 18.0. The average molecular weight is 505 g/mol. The molecule has 5 rings (SSSR count). The van der Waals surface area contributed by atoms with Crippen LogP contribution in [0.15, 0.2) is 42.5 Å². The molecule has 3 saturated heterocycles. The van der Waals surface area contributed by atoms with E-state index in [1.807, 2.05) is 25.2 Å². The molecule has 3 heterocycles. The molecule has 196 valence electrons. The van der Waals surface area contributed by atoms with E-state index in [1.165, 1.54) is 29.1 Å². The number of hydrogen-bond acceptors (Lipinski definition) is 7. The van der Waals surface area contributed by atoms with Gasteiger partial charge in [0.05, 0.1) is 11.4 Å². The van der Waals surface area contributed by atoms with Gasteiger partial charge < -0.3 is 24.9 Å². The molecule has 2 aromatic rings. The first kappa shape index (κ1) is 25.1. The second kappa shape index (κ2) is 10.8. The van der Waals surface area contributed by atoms with Gasteiger partial charge in [-0.2, -0.15) is 0 Å². The van der Waals surface area contributed by atoms with E-state index in [-0.39, 0.29) is 12.3 Å². The summed E-state index contributed by atoms with van der Waals surface area (Å²) in [6.07, 6.45) is 2.43. The molecule has 9 heteroatoms. The molecule has 2 aromatic carbocycles. The molecule has 3 amide bonds. The highest BCUT2D eigenvalue weighted by molar-refractivity contribution is 6.04. The Morgan fingerprint density at radius 3 is 2.32 bits per heavy atom. The minimum Gasteiger partial charge on any atom is -0.386 e. The van der Waals surface area contributed by atoms with Gasteiger partial charge in [-0.3, -0.25) is 19.7 Å². The molecule has 0 aromatic heterocycles. The first-order valence-corrected chi connectivity index (χ1v) is 13.1. The van der Waals surface area contributed by atoms with Crippen LogP contribution in [-0.2, 0) is 14.4 Å². The van der Waals surface area contributed by atoms with Gasteiger partial charge in [0.2, 0.25) is 18.2 Å². The smallest absolute Gasteiger partial charge is 0.249 e. The SMILES string of the molecule is CNc1cc(N2CCN(c3cccc(C4CCN(C)C4)c3)CC2)ccc1N(C=O)C1CCC(=O)NC1=O. The second-order valence-electron chi connectivity index (χ2n) is 10.2. The zero-order valence-electron chi connectivity index (χ0n) is 21.7. The summed E-state index contributed by atoms with van der Waals surface area (Å²) >= 11 is 0. The van der Waals surface area contributed by atoms with Crippen molar-refractivity contribution in [3.05, 3.63) is 48.0 Å². The number of likely N-dealkylation sites (tertiary alicyclic amines) is 1. The van der Waals surface area contributed by atoms with E-state index in [0.29, 0.717) is 24.4 Å². The maximum Gasteiger partial charge on any atom is 0.249 e. The summed E-state index contributed by atoms with van der Waals surface area (Å²) in [4.78, 5) is 44.6. The third-order valence-electron chi connectivity index (χ3n) is 7.93. The molecular weight excluding hydrogens is 468 g/mol. The van der Waals surface area contributed by atoms with Crippen LogP contribution < -0.4 is 25.3 Å². The van der Waals surface area contributed by atoms with Crippen molar-refractivity contribution in [1.82, 2.24) is 10.2 Å². The van der Waals surface area contributed by atoms with Gasteiger partial charge in [0, 0.05) is 57.6 Å². The van der Waals surface area contributed by atoms with Crippen LogP contribution >= 0.6 is 0 Å². The summed E-state index contributed by atoms with van der Waals surface area (Å²) in [5, 5.41) is 5.52. The molecule has 0 bridgehead atoms. The van der Waals surface area contributed by atoms with E-state index in [1.54, 1.807) is 0 Å². The molecule has 0 spiro atoms. The standard InChI is InChI=1S/C28H36N6O3/c1-29-24-17-23(6-7-25(24)34(19-35)26-8-9-27(36)30-28(26)37)33-14-12-32(13-15-33)22-5-3-4-20(16-22)21-10-11-31(2)18-21/h3-7,16-17,19,21,26,29H,8-15,18H2,1-2H3,(H,30,36,37). The van der Waals surface area contributed by atoms with Crippen LogP contribution in [0, 0.1) is 0 Å². The number of rotatable bonds is 7. The number of benzene rings is 2. The Morgan fingerprint density at radius 2 is 1.70 bits per heavy atom. The minimum atomic E-state index is -0.697. The van der Waals surface area contributed by atoms with Crippen molar-refractivity contribution in [1.29, 1.82) is 0 Å². The summed E-state index contributed by atoms with van der Waals surface area (Å²) in [5.41, 5.74) is 5.21. The summed E-state index contributed by atoms with van der Waals surface area (Å²) < 4.78 is 0. The lowest BCUT2D eigenvalue weighted by atomic mass is 9.97. The summed E-state index contributed by atoms with van der Waals surface area (Å²) in [6.45, 7) is 5.95. The van der Waals surface area contributed by atoms with Crippen molar-refractivity contribution in [2.75, 3.05) is 73.4 Å². The molecule has 37 heavy (non-hydrogen) atoms. The Morgan fingerprint density at radius 1 is 0.973 bits per heavy atom. The highest BCUT2D eigenvalue weighted by atomic mass is 16.2. The molecule has 0 saturated carbocycles. The van der Waals surface area contributed by atoms with Gasteiger partial charge in [0.1, 0.15) is 6.04 Å². The quantitative estimate of drug-likeness (QED) is 0.442. The molecule has 0 aliphatic carbocycles. The normalized spacial score (nSPS) is 22.6. The van der Waals surface area contributed by atoms with Crippen molar-refractivity contribution in [3.8, 4) is 0 Å². The van der Waals surface area contributed by atoms with Gasteiger partial charge in [-0.15, -0.1) is 0 Å². The molecule has 9 nitrogen and oxygen atoms in total. The Labute approximate surface area is 218 Å². The minimum absolute atomic E-state index is 0.221. The van der Waals surface area contributed by atoms with Crippen LogP contribution in [0.4, 0.5) is 22.7 Å². The maximum atomic E-state index is 12.4. The van der Waals surface area contributed by atoms with Gasteiger partial charge in [-0.1, -0.05) is 12.1 Å². The van der Waals surface area contributed by atoms with Crippen molar-refractivity contribution >= 4 is 41.0 Å². The number of nitrogens with one attached hydrogen (secondary N) is 2. The average Bonchev–Trinajstić information content (AvgIpc) is 3.37. The number of carbonyl (C=O) groups excluding carboxylic acids is 3.